The van der Waals surface area contributed by atoms with Crippen LogP contribution in [0.15, 0.2) is 97.3 Å². The number of benzene rings is 4. The number of rotatable bonds is 4. The van der Waals surface area contributed by atoms with Crippen molar-refractivity contribution < 1.29 is 33.8 Å². The molecule has 4 aromatic carbocycles. The molecule has 0 radical (unpaired) electrons. The average molecular weight is 642 g/mol. The second-order valence-corrected chi connectivity index (χ2v) is 11.2. The zero-order valence-corrected chi connectivity index (χ0v) is 24.9. The molecule has 4 amide bonds. The number of nitrogens with zero attached hydrogens (tertiary/aromatic N) is 4. The molecule has 4 heterocycles. The second kappa shape index (κ2) is 11.6. The van der Waals surface area contributed by atoms with Gasteiger partial charge in [-0.05, 0) is 71.8 Å². The average Bonchev–Trinajstić information content (AvgIpc) is 3.09. The summed E-state index contributed by atoms with van der Waals surface area (Å²) in [5, 5.41) is 20.6. The third-order valence-corrected chi connectivity index (χ3v) is 8.22. The molecule has 0 atom stereocenters. The first-order chi connectivity index (χ1) is 23.1. The second-order valence-electron chi connectivity index (χ2n) is 11.2. The maximum absolute atomic E-state index is 13.0. The minimum absolute atomic E-state index is 0.0437. The highest BCUT2D eigenvalue weighted by Crippen LogP contribution is 2.35. The number of nitrogen functional groups attached to an aromatic ring is 1. The molecular weight excluding hydrogens is 617 g/mol. The van der Waals surface area contributed by atoms with E-state index < -0.39 is 23.6 Å². The van der Waals surface area contributed by atoms with Gasteiger partial charge in [0.15, 0.2) is 0 Å². The molecule has 236 valence electrons. The number of phenolic OH excluding ortho intramolecular Hbond substituents is 2. The van der Waals surface area contributed by atoms with Gasteiger partial charge in [-0.2, -0.15) is 0 Å². The number of carbonyl (C=O) groups excluding carboxylic acids is 4. The Balaban J connectivity index is 0.000000152. The lowest BCUT2D eigenvalue weighted by molar-refractivity contribution is 0.0583. The fourth-order valence-electron chi connectivity index (χ4n) is 5.85. The van der Waals surface area contributed by atoms with Gasteiger partial charge in [-0.15, -0.1) is 0 Å². The lowest BCUT2D eigenvalue weighted by Gasteiger charge is -2.27. The molecule has 2 aromatic heterocycles. The number of carbonyl (C=O) groups is 4. The van der Waals surface area contributed by atoms with E-state index in [2.05, 4.69) is 9.97 Å². The van der Waals surface area contributed by atoms with E-state index >= 15 is 0 Å². The molecule has 6 aromatic rings. The van der Waals surface area contributed by atoms with Crippen LogP contribution in [0.3, 0.4) is 0 Å². The normalized spacial score (nSPS) is 13.6. The van der Waals surface area contributed by atoms with Crippen LogP contribution in [0.1, 0.15) is 52.6 Å². The van der Waals surface area contributed by atoms with E-state index in [1.807, 2.05) is 0 Å². The lowest BCUT2D eigenvalue weighted by atomic mass is 9.96. The quantitative estimate of drug-likeness (QED) is 0.173. The molecule has 12 heteroatoms. The Hall–Kier alpha value is -6.69. The van der Waals surface area contributed by atoms with Gasteiger partial charge >= 0.3 is 0 Å². The maximum atomic E-state index is 13.0. The van der Waals surface area contributed by atoms with Crippen LogP contribution in [0.5, 0.6) is 11.5 Å². The van der Waals surface area contributed by atoms with E-state index in [9.17, 15) is 33.8 Å². The summed E-state index contributed by atoms with van der Waals surface area (Å²) in [6.07, 6.45) is 2.88. The number of nitrogens with two attached hydrogens (primary N) is 1. The summed E-state index contributed by atoms with van der Waals surface area (Å²) in [5.74, 6) is -2.24. The van der Waals surface area contributed by atoms with Gasteiger partial charge in [0.25, 0.3) is 23.6 Å². The Kier molecular flexibility index (Phi) is 7.24. The minimum Gasteiger partial charge on any atom is -0.506 e. The van der Waals surface area contributed by atoms with Crippen LogP contribution in [0.25, 0.3) is 21.8 Å². The van der Waals surface area contributed by atoms with Crippen molar-refractivity contribution in [2.24, 2.45) is 0 Å². The van der Waals surface area contributed by atoms with E-state index in [4.69, 9.17) is 5.73 Å². The number of aromatic nitrogens is 2. The van der Waals surface area contributed by atoms with Gasteiger partial charge in [0.05, 0.1) is 35.3 Å². The Labute approximate surface area is 271 Å². The van der Waals surface area contributed by atoms with E-state index in [1.165, 1.54) is 71.9 Å². The highest BCUT2D eigenvalue weighted by Gasteiger charge is 2.35. The fourth-order valence-corrected chi connectivity index (χ4v) is 5.85. The third kappa shape index (κ3) is 5.01. The van der Waals surface area contributed by atoms with Crippen molar-refractivity contribution in [2.45, 2.75) is 13.1 Å². The molecule has 0 bridgehead atoms. The molecule has 8 rings (SSSR count). The maximum Gasteiger partial charge on any atom is 0.261 e. The van der Waals surface area contributed by atoms with Crippen molar-refractivity contribution in [1.29, 1.82) is 0 Å². The highest BCUT2D eigenvalue weighted by molar-refractivity contribution is 6.26. The number of anilines is 1. The van der Waals surface area contributed by atoms with Crippen LogP contribution in [0.4, 0.5) is 10.1 Å². The summed E-state index contributed by atoms with van der Waals surface area (Å²) >= 11 is 0. The predicted octanol–water partition coefficient (Wildman–Crippen LogP) is 5.19. The molecule has 0 spiro atoms. The van der Waals surface area contributed by atoms with E-state index in [0.717, 1.165) is 10.5 Å². The molecule has 0 fully saturated rings. The zero-order valence-electron chi connectivity index (χ0n) is 24.9. The summed E-state index contributed by atoms with van der Waals surface area (Å²) in [6, 6.07) is 21.5. The number of halogens is 1. The van der Waals surface area contributed by atoms with Crippen molar-refractivity contribution in [2.75, 3.05) is 5.73 Å². The highest BCUT2D eigenvalue weighted by atomic mass is 19.1. The summed E-state index contributed by atoms with van der Waals surface area (Å²) in [4.78, 5) is 61.4. The Morgan fingerprint density at radius 2 is 0.917 bits per heavy atom. The van der Waals surface area contributed by atoms with Crippen LogP contribution in [0, 0.1) is 5.82 Å². The van der Waals surface area contributed by atoms with Gasteiger partial charge in [-0.25, -0.2) is 4.39 Å². The zero-order chi connectivity index (χ0) is 33.7. The summed E-state index contributed by atoms with van der Waals surface area (Å²) in [6.45, 7) is 0.199. The first kappa shape index (κ1) is 30.0. The smallest absolute Gasteiger partial charge is 0.261 e. The van der Waals surface area contributed by atoms with Crippen molar-refractivity contribution >= 4 is 51.1 Å². The number of pyridine rings is 2. The van der Waals surface area contributed by atoms with Crippen LogP contribution in [0.2, 0.25) is 0 Å². The molecule has 11 nitrogen and oxygen atoms in total. The van der Waals surface area contributed by atoms with Gasteiger partial charge in [0.1, 0.15) is 28.3 Å². The fraction of sp³-hybridized carbons (Fsp3) is 0.0556. The largest absolute Gasteiger partial charge is 0.506 e. The summed E-state index contributed by atoms with van der Waals surface area (Å²) in [7, 11) is 0. The lowest BCUT2D eigenvalue weighted by Crippen LogP contribution is -2.39. The van der Waals surface area contributed by atoms with E-state index in [-0.39, 0.29) is 41.4 Å². The summed E-state index contributed by atoms with van der Waals surface area (Å²) < 4.78 is 13.0. The molecule has 0 aliphatic carbocycles. The van der Waals surface area contributed by atoms with Gasteiger partial charge in [-0.1, -0.05) is 24.3 Å². The SMILES string of the molecule is Nc1ccc(CN2C(=O)c3ccnc4c(O)ccc(c34)C2=O)cc1.O=C1c2ccnc3c(O)ccc(c23)C(=O)N1Cc1ccc(F)cc1. The molecule has 0 unspecified atom stereocenters. The molecule has 4 N–H and O–H groups in total. The predicted molar refractivity (Wildman–Crippen MR) is 172 cm³/mol. The molecular formula is C36H24FN5O6. The van der Waals surface area contributed by atoms with Crippen molar-refractivity contribution in [3.05, 3.63) is 137 Å². The van der Waals surface area contributed by atoms with Gasteiger partial charge in [0, 0.05) is 28.9 Å². The Morgan fingerprint density at radius 1 is 0.542 bits per heavy atom. The number of hydrogen-bond donors (Lipinski definition) is 3. The van der Waals surface area contributed by atoms with Crippen molar-refractivity contribution in [3.63, 3.8) is 0 Å². The summed E-state index contributed by atoms with van der Waals surface area (Å²) in [5.41, 5.74) is 9.57. The van der Waals surface area contributed by atoms with Crippen molar-refractivity contribution in [1.82, 2.24) is 19.8 Å². The number of phenols is 2. The van der Waals surface area contributed by atoms with Gasteiger partial charge < -0.3 is 15.9 Å². The van der Waals surface area contributed by atoms with Crippen LogP contribution in [-0.2, 0) is 13.1 Å². The molecule has 0 saturated carbocycles. The Bertz CT molecular complexity index is 2120. The topological polar surface area (TPSA) is 167 Å². The van der Waals surface area contributed by atoms with Crippen LogP contribution >= 0.6 is 0 Å². The van der Waals surface area contributed by atoms with Gasteiger partial charge in [-0.3, -0.25) is 38.9 Å². The van der Waals surface area contributed by atoms with Gasteiger partial charge in [0.2, 0.25) is 0 Å². The van der Waals surface area contributed by atoms with Crippen LogP contribution in [-0.4, -0.2) is 53.6 Å². The molecule has 2 aliphatic heterocycles. The van der Waals surface area contributed by atoms with E-state index in [1.54, 1.807) is 30.3 Å². The number of aromatic hydroxyl groups is 2. The molecule has 0 saturated heterocycles. The number of amides is 4. The monoisotopic (exact) mass is 641 g/mol. The molecule has 2 aliphatic rings. The van der Waals surface area contributed by atoms with E-state index in [0.29, 0.717) is 44.3 Å². The third-order valence-electron chi connectivity index (χ3n) is 8.22. The molecule has 48 heavy (non-hydrogen) atoms. The van der Waals surface area contributed by atoms with Crippen LogP contribution < -0.4 is 5.73 Å². The van der Waals surface area contributed by atoms with Crippen molar-refractivity contribution in [3.8, 4) is 11.5 Å². The number of hydrogen-bond acceptors (Lipinski definition) is 9. The first-order valence-corrected chi connectivity index (χ1v) is 14.6. The first-order valence-electron chi connectivity index (χ1n) is 14.6. The Morgan fingerprint density at radius 3 is 1.33 bits per heavy atom. The number of imide groups is 2. The standard InChI is InChI=1S/C18H11FN2O3.C18H13N3O3/c2*19-11-3-1-10(2-4-11)9-21-17(23)12-5-6-14(22)16-15(12)13(18(21)24)7-8-20-16/h1-8,22H,9H2;1-8,22H,9,19H2. The minimum atomic E-state index is -0.463.